The van der Waals surface area contributed by atoms with Gasteiger partial charge >= 0.3 is 6.18 Å². The number of aryl methyl sites for hydroxylation is 1. The van der Waals surface area contributed by atoms with Crippen LogP contribution in [0, 0.1) is 0 Å². The Balaban J connectivity index is 2.11. The van der Waals surface area contributed by atoms with Gasteiger partial charge in [0.15, 0.2) is 5.16 Å². The highest BCUT2D eigenvalue weighted by Gasteiger charge is 2.32. The van der Waals surface area contributed by atoms with Crippen LogP contribution in [0.1, 0.15) is 6.92 Å². The number of halogens is 3. The number of carbonyl (C=O) groups excluding carboxylic acids is 1. The second kappa shape index (κ2) is 7.74. The summed E-state index contributed by atoms with van der Waals surface area (Å²) in [6.45, 7) is 4.61. The fourth-order valence-corrected chi connectivity index (χ4v) is 3.29. The molecule has 1 heterocycles. The predicted molar refractivity (Wildman–Crippen MR) is 89.0 cm³/mol. The van der Waals surface area contributed by atoms with Crippen molar-refractivity contribution in [3.63, 3.8) is 0 Å². The average molecular weight is 357 g/mol. The Kier molecular flexibility index (Phi) is 5.93. The van der Waals surface area contributed by atoms with Crippen molar-refractivity contribution in [1.82, 2.24) is 14.5 Å². The maximum Gasteiger partial charge on any atom is 0.406 e. The third kappa shape index (κ3) is 4.53. The van der Waals surface area contributed by atoms with E-state index in [1.54, 1.807) is 0 Å². The van der Waals surface area contributed by atoms with Gasteiger partial charge in [-0.05, 0) is 19.1 Å². The van der Waals surface area contributed by atoms with E-state index in [0.717, 1.165) is 27.7 Å². The first-order chi connectivity index (χ1) is 11.4. The Morgan fingerprint density at radius 1 is 1.42 bits per heavy atom. The lowest BCUT2D eigenvalue weighted by Crippen LogP contribution is -2.40. The first-order valence-electron chi connectivity index (χ1n) is 7.39. The van der Waals surface area contributed by atoms with Crippen LogP contribution in [0.4, 0.5) is 13.2 Å². The van der Waals surface area contributed by atoms with E-state index in [4.69, 9.17) is 0 Å². The summed E-state index contributed by atoms with van der Waals surface area (Å²) < 4.78 is 39.6. The Labute approximate surface area is 142 Å². The van der Waals surface area contributed by atoms with Crippen LogP contribution < -0.4 is 0 Å². The number of rotatable bonds is 7. The third-order valence-electron chi connectivity index (χ3n) is 3.33. The number of carbonyl (C=O) groups is 1. The lowest BCUT2D eigenvalue weighted by atomic mass is 10.3. The zero-order valence-corrected chi connectivity index (χ0v) is 14.0. The van der Waals surface area contributed by atoms with E-state index in [0.29, 0.717) is 11.7 Å². The van der Waals surface area contributed by atoms with Gasteiger partial charge in [0.05, 0.1) is 16.8 Å². The molecule has 4 nitrogen and oxygen atoms in total. The summed E-state index contributed by atoms with van der Waals surface area (Å²) in [5, 5.41) is 0.623. The zero-order valence-electron chi connectivity index (χ0n) is 13.2. The molecule has 0 aliphatic heterocycles. The molecule has 130 valence electrons. The lowest BCUT2D eigenvalue weighted by molar-refractivity contribution is -0.158. The highest BCUT2D eigenvalue weighted by molar-refractivity contribution is 7.99. The fraction of sp³-hybridized carbons (Fsp3) is 0.375. The SMILES string of the molecule is C=CCN(CC(F)(F)F)C(=O)CSc1nc2ccccc2n1CC. The van der Waals surface area contributed by atoms with Gasteiger partial charge in [-0.3, -0.25) is 4.79 Å². The Hall–Kier alpha value is -1.96. The van der Waals surface area contributed by atoms with E-state index in [2.05, 4.69) is 11.6 Å². The second-order valence-corrected chi connectivity index (χ2v) is 6.04. The van der Waals surface area contributed by atoms with Crippen molar-refractivity contribution in [3.8, 4) is 0 Å². The molecule has 2 rings (SSSR count). The molecule has 0 saturated heterocycles. The molecule has 24 heavy (non-hydrogen) atoms. The average Bonchev–Trinajstić information content (AvgIpc) is 2.88. The van der Waals surface area contributed by atoms with Crippen LogP contribution in [0.25, 0.3) is 11.0 Å². The summed E-state index contributed by atoms with van der Waals surface area (Å²) in [5.74, 6) is -0.695. The van der Waals surface area contributed by atoms with Crippen LogP contribution in [0.2, 0.25) is 0 Å². The largest absolute Gasteiger partial charge is 0.406 e. The minimum Gasteiger partial charge on any atom is -0.329 e. The van der Waals surface area contributed by atoms with Crippen molar-refractivity contribution in [1.29, 1.82) is 0 Å². The molecule has 2 aromatic rings. The van der Waals surface area contributed by atoms with Gasteiger partial charge in [0.25, 0.3) is 0 Å². The summed E-state index contributed by atoms with van der Waals surface area (Å²) >= 11 is 1.14. The highest BCUT2D eigenvalue weighted by atomic mass is 32.2. The topological polar surface area (TPSA) is 38.1 Å². The van der Waals surface area contributed by atoms with E-state index in [1.165, 1.54) is 6.08 Å². The number of benzene rings is 1. The number of imidazole rings is 1. The van der Waals surface area contributed by atoms with Gasteiger partial charge in [0, 0.05) is 13.1 Å². The van der Waals surface area contributed by atoms with Crippen LogP contribution in [-0.2, 0) is 11.3 Å². The summed E-state index contributed by atoms with van der Waals surface area (Å²) in [6.07, 6.45) is -3.14. The fourth-order valence-electron chi connectivity index (χ4n) is 2.31. The van der Waals surface area contributed by atoms with Gasteiger partial charge in [-0.25, -0.2) is 4.98 Å². The minimum atomic E-state index is -4.43. The second-order valence-electron chi connectivity index (χ2n) is 5.09. The Morgan fingerprint density at radius 2 is 2.12 bits per heavy atom. The Morgan fingerprint density at radius 3 is 2.75 bits per heavy atom. The van der Waals surface area contributed by atoms with E-state index in [9.17, 15) is 18.0 Å². The molecule has 8 heteroatoms. The van der Waals surface area contributed by atoms with Crippen LogP contribution in [-0.4, -0.2) is 45.4 Å². The molecule has 0 fully saturated rings. The standard InChI is InChI=1S/C16H18F3N3OS/c1-3-9-21(11-16(17,18)19)14(23)10-24-15-20-12-7-5-6-8-13(12)22(15)4-2/h3,5-8H,1,4,9-11H2,2H3. The molecular weight excluding hydrogens is 339 g/mol. The van der Waals surface area contributed by atoms with Gasteiger partial charge in [-0.2, -0.15) is 13.2 Å². The van der Waals surface area contributed by atoms with Crippen molar-refractivity contribution in [2.24, 2.45) is 0 Å². The molecule has 1 aromatic heterocycles. The predicted octanol–water partition coefficient (Wildman–Crippen LogP) is 3.73. The van der Waals surface area contributed by atoms with Crippen molar-refractivity contribution >= 4 is 28.7 Å². The van der Waals surface area contributed by atoms with E-state index < -0.39 is 18.6 Å². The maximum atomic E-state index is 12.6. The van der Waals surface area contributed by atoms with Crippen LogP contribution in [0.15, 0.2) is 42.1 Å². The molecule has 0 N–H and O–H groups in total. The number of alkyl halides is 3. The number of para-hydroxylation sites is 2. The molecule has 1 amide bonds. The zero-order chi connectivity index (χ0) is 17.7. The number of hydrogen-bond acceptors (Lipinski definition) is 3. The summed E-state index contributed by atoms with van der Waals surface area (Å²) in [6, 6.07) is 7.54. The van der Waals surface area contributed by atoms with Gasteiger partial charge in [0.1, 0.15) is 6.54 Å². The van der Waals surface area contributed by atoms with Gasteiger partial charge < -0.3 is 9.47 Å². The smallest absolute Gasteiger partial charge is 0.329 e. The van der Waals surface area contributed by atoms with Gasteiger partial charge in [0.2, 0.25) is 5.91 Å². The van der Waals surface area contributed by atoms with Crippen molar-refractivity contribution < 1.29 is 18.0 Å². The van der Waals surface area contributed by atoms with Gasteiger partial charge in [-0.15, -0.1) is 6.58 Å². The number of hydrogen-bond donors (Lipinski definition) is 0. The molecule has 0 unspecified atom stereocenters. The van der Waals surface area contributed by atoms with Crippen LogP contribution in [0.3, 0.4) is 0 Å². The van der Waals surface area contributed by atoms with Crippen molar-refractivity contribution in [2.45, 2.75) is 24.8 Å². The normalized spacial score (nSPS) is 11.7. The van der Waals surface area contributed by atoms with Gasteiger partial charge in [-0.1, -0.05) is 30.0 Å². The number of aromatic nitrogens is 2. The molecule has 0 aliphatic carbocycles. The number of thioether (sulfide) groups is 1. The van der Waals surface area contributed by atoms with Crippen molar-refractivity contribution in [2.75, 3.05) is 18.8 Å². The van der Waals surface area contributed by atoms with Crippen molar-refractivity contribution in [3.05, 3.63) is 36.9 Å². The quantitative estimate of drug-likeness (QED) is 0.560. The molecule has 0 atom stereocenters. The summed E-state index contributed by atoms with van der Waals surface area (Å²) in [7, 11) is 0. The Bertz CT molecular complexity index is 727. The van der Waals surface area contributed by atoms with E-state index >= 15 is 0 Å². The number of fused-ring (bicyclic) bond motifs is 1. The summed E-state index contributed by atoms with van der Waals surface area (Å²) in [5.41, 5.74) is 1.74. The molecule has 0 radical (unpaired) electrons. The number of nitrogens with zero attached hydrogens (tertiary/aromatic N) is 3. The number of amides is 1. The molecule has 1 aromatic carbocycles. The molecular formula is C16H18F3N3OS. The molecule has 0 saturated carbocycles. The monoisotopic (exact) mass is 357 g/mol. The van der Waals surface area contributed by atoms with E-state index in [1.807, 2.05) is 35.8 Å². The van der Waals surface area contributed by atoms with Crippen LogP contribution in [0.5, 0.6) is 0 Å². The maximum absolute atomic E-state index is 12.6. The molecule has 0 spiro atoms. The summed E-state index contributed by atoms with van der Waals surface area (Å²) in [4.78, 5) is 17.3. The lowest BCUT2D eigenvalue weighted by Gasteiger charge is -2.22. The molecule has 0 aliphatic rings. The highest BCUT2D eigenvalue weighted by Crippen LogP contribution is 2.25. The third-order valence-corrected chi connectivity index (χ3v) is 4.29. The minimum absolute atomic E-state index is 0.104. The van der Waals surface area contributed by atoms with Crippen LogP contribution >= 0.6 is 11.8 Å². The molecule has 0 bridgehead atoms. The van der Waals surface area contributed by atoms with E-state index in [-0.39, 0.29) is 12.3 Å². The first kappa shape index (κ1) is 18.4. The first-order valence-corrected chi connectivity index (χ1v) is 8.37.